The molecule has 0 radical (unpaired) electrons. The molecule has 88 valence electrons. The van der Waals surface area contributed by atoms with Gasteiger partial charge in [-0.05, 0) is 58.0 Å². The first-order valence-electron chi connectivity index (χ1n) is 6.14. The van der Waals surface area contributed by atoms with Crippen molar-refractivity contribution in [3.8, 4) is 0 Å². The average Bonchev–Trinajstić information content (AvgIpc) is 2.17. The van der Waals surface area contributed by atoms with Crippen LogP contribution in [0.3, 0.4) is 0 Å². The van der Waals surface area contributed by atoms with Gasteiger partial charge in [0, 0.05) is 13.1 Å². The van der Waals surface area contributed by atoms with Crippen LogP contribution in [0.15, 0.2) is 12.2 Å². The number of hydrogen-bond donors (Lipinski definition) is 1. The van der Waals surface area contributed by atoms with Crippen LogP contribution in [0.2, 0.25) is 0 Å². The number of likely N-dealkylation sites (N-methyl/N-ethyl adjacent to an activating group) is 1. The molecule has 0 aromatic carbocycles. The predicted octanol–water partition coefficient (Wildman–Crippen LogP) is 2.26. The Morgan fingerprint density at radius 1 is 1.27 bits per heavy atom. The molecular weight excluding hydrogens is 184 g/mol. The molecule has 1 aliphatic carbocycles. The Morgan fingerprint density at radius 2 is 1.80 bits per heavy atom. The Labute approximate surface area is 94.5 Å². The van der Waals surface area contributed by atoms with E-state index < -0.39 is 0 Å². The Morgan fingerprint density at radius 3 is 2.27 bits per heavy atom. The van der Waals surface area contributed by atoms with Gasteiger partial charge in [0.25, 0.3) is 0 Å². The summed E-state index contributed by atoms with van der Waals surface area (Å²) in [5.74, 6) is 1.69. The summed E-state index contributed by atoms with van der Waals surface area (Å²) in [6, 6.07) is 0. The van der Waals surface area contributed by atoms with Gasteiger partial charge in [-0.2, -0.15) is 0 Å². The van der Waals surface area contributed by atoms with Crippen molar-refractivity contribution in [2.75, 3.05) is 26.7 Å². The third-order valence-corrected chi connectivity index (χ3v) is 3.41. The molecule has 0 spiro atoms. The number of rotatable bonds is 5. The van der Waals surface area contributed by atoms with Crippen LogP contribution in [-0.2, 0) is 0 Å². The molecule has 2 heteroatoms. The van der Waals surface area contributed by atoms with Gasteiger partial charge < -0.3 is 10.6 Å². The Kier molecular flexibility index (Phi) is 5.34. The van der Waals surface area contributed by atoms with Gasteiger partial charge in [0.15, 0.2) is 0 Å². The van der Waals surface area contributed by atoms with Gasteiger partial charge in [-0.1, -0.05) is 12.2 Å². The van der Waals surface area contributed by atoms with E-state index in [2.05, 4.69) is 25.5 Å². The molecule has 2 nitrogen and oxygen atoms in total. The van der Waals surface area contributed by atoms with E-state index in [1.54, 1.807) is 0 Å². The zero-order chi connectivity index (χ0) is 11.3. The first kappa shape index (κ1) is 12.7. The molecule has 1 fully saturated rings. The lowest BCUT2D eigenvalue weighted by Crippen LogP contribution is -2.30. The van der Waals surface area contributed by atoms with E-state index in [9.17, 15) is 0 Å². The summed E-state index contributed by atoms with van der Waals surface area (Å²) in [5, 5.41) is 0. The molecule has 1 aliphatic rings. The summed E-state index contributed by atoms with van der Waals surface area (Å²) < 4.78 is 0. The van der Waals surface area contributed by atoms with Gasteiger partial charge in [0.05, 0.1) is 0 Å². The third-order valence-electron chi connectivity index (χ3n) is 3.41. The zero-order valence-corrected chi connectivity index (χ0v) is 10.3. The van der Waals surface area contributed by atoms with Crippen LogP contribution in [0.1, 0.15) is 32.6 Å². The van der Waals surface area contributed by atoms with Crippen LogP contribution >= 0.6 is 0 Å². The predicted molar refractivity (Wildman–Crippen MR) is 66.8 cm³/mol. The van der Waals surface area contributed by atoms with Crippen LogP contribution in [0.4, 0.5) is 0 Å². The van der Waals surface area contributed by atoms with Gasteiger partial charge in [0.1, 0.15) is 0 Å². The molecule has 1 rings (SSSR count). The number of hydrogen-bond acceptors (Lipinski definition) is 2. The van der Waals surface area contributed by atoms with Crippen molar-refractivity contribution in [3.05, 3.63) is 12.2 Å². The molecule has 0 unspecified atom stereocenters. The molecule has 0 atom stereocenters. The van der Waals surface area contributed by atoms with Crippen molar-refractivity contribution < 1.29 is 0 Å². The minimum Gasteiger partial charge on any atom is -0.330 e. The summed E-state index contributed by atoms with van der Waals surface area (Å²) in [7, 11) is 2.20. The van der Waals surface area contributed by atoms with Gasteiger partial charge in [0.2, 0.25) is 0 Å². The summed E-state index contributed by atoms with van der Waals surface area (Å²) in [5.41, 5.74) is 6.95. The quantitative estimate of drug-likeness (QED) is 0.705. The summed E-state index contributed by atoms with van der Waals surface area (Å²) in [6.45, 7) is 9.20. The zero-order valence-electron chi connectivity index (χ0n) is 10.3. The molecule has 0 bridgehead atoms. The second-order valence-corrected chi connectivity index (χ2v) is 5.28. The monoisotopic (exact) mass is 210 g/mol. The van der Waals surface area contributed by atoms with E-state index in [0.29, 0.717) is 0 Å². The maximum Gasteiger partial charge on any atom is 0.0184 e. The second kappa shape index (κ2) is 6.29. The molecule has 15 heavy (non-hydrogen) atoms. The van der Waals surface area contributed by atoms with Crippen molar-refractivity contribution in [3.63, 3.8) is 0 Å². The molecule has 0 aromatic rings. The van der Waals surface area contributed by atoms with Gasteiger partial charge >= 0.3 is 0 Å². The molecule has 0 aliphatic heterocycles. The lowest BCUT2D eigenvalue weighted by molar-refractivity contribution is 0.214. The summed E-state index contributed by atoms with van der Waals surface area (Å²) in [6.07, 6.45) is 5.40. The third kappa shape index (κ3) is 4.80. The van der Waals surface area contributed by atoms with E-state index >= 15 is 0 Å². The summed E-state index contributed by atoms with van der Waals surface area (Å²) in [4.78, 5) is 2.40. The molecule has 0 aromatic heterocycles. The maximum absolute atomic E-state index is 5.69. The van der Waals surface area contributed by atoms with Crippen molar-refractivity contribution in [1.29, 1.82) is 0 Å². The van der Waals surface area contributed by atoms with Crippen molar-refractivity contribution in [1.82, 2.24) is 4.90 Å². The Bertz CT molecular complexity index is 193. The molecular formula is C13H26N2. The summed E-state index contributed by atoms with van der Waals surface area (Å²) >= 11 is 0. The molecule has 0 amide bonds. The average molecular weight is 210 g/mol. The van der Waals surface area contributed by atoms with E-state index in [0.717, 1.165) is 24.9 Å². The van der Waals surface area contributed by atoms with E-state index in [-0.39, 0.29) is 0 Å². The van der Waals surface area contributed by atoms with Gasteiger partial charge in [-0.15, -0.1) is 0 Å². The van der Waals surface area contributed by atoms with Crippen LogP contribution in [-0.4, -0.2) is 31.6 Å². The van der Waals surface area contributed by atoms with Crippen LogP contribution in [0.25, 0.3) is 0 Å². The highest BCUT2D eigenvalue weighted by atomic mass is 15.1. The van der Waals surface area contributed by atoms with Crippen LogP contribution < -0.4 is 5.73 Å². The van der Waals surface area contributed by atoms with Crippen molar-refractivity contribution in [2.24, 2.45) is 17.6 Å². The van der Waals surface area contributed by atoms with E-state index in [4.69, 9.17) is 5.73 Å². The van der Waals surface area contributed by atoms with Crippen LogP contribution in [0, 0.1) is 11.8 Å². The highest BCUT2D eigenvalue weighted by Crippen LogP contribution is 2.28. The minimum atomic E-state index is 0.799. The molecule has 1 saturated carbocycles. The lowest BCUT2D eigenvalue weighted by Gasteiger charge is -2.30. The standard InChI is InChI=1S/C13H26N2/c1-11(2)9-15(3)10-13-6-4-12(8-14)5-7-13/h12-13H,1,4-10,14H2,2-3H3. The van der Waals surface area contributed by atoms with Crippen molar-refractivity contribution in [2.45, 2.75) is 32.6 Å². The van der Waals surface area contributed by atoms with Gasteiger partial charge in [-0.3, -0.25) is 0 Å². The number of nitrogens with two attached hydrogens (primary N) is 1. The fourth-order valence-electron chi connectivity index (χ4n) is 2.62. The molecule has 2 N–H and O–H groups in total. The lowest BCUT2D eigenvalue weighted by atomic mass is 9.82. The molecule has 0 saturated heterocycles. The van der Waals surface area contributed by atoms with Gasteiger partial charge in [-0.25, -0.2) is 0 Å². The van der Waals surface area contributed by atoms with Crippen LogP contribution in [0.5, 0.6) is 0 Å². The minimum absolute atomic E-state index is 0.799. The highest BCUT2D eigenvalue weighted by molar-refractivity contribution is 4.91. The maximum atomic E-state index is 5.69. The smallest absolute Gasteiger partial charge is 0.0184 e. The SMILES string of the molecule is C=C(C)CN(C)CC1CCC(CN)CC1. The second-order valence-electron chi connectivity index (χ2n) is 5.28. The normalized spacial score (nSPS) is 26.9. The fourth-order valence-corrected chi connectivity index (χ4v) is 2.62. The largest absolute Gasteiger partial charge is 0.330 e. The van der Waals surface area contributed by atoms with E-state index in [1.165, 1.54) is 37.8 Å². The Hall–Kier alpha value is -0.340. The highest BCUT2D eigenvalue weighted by Gasteiger charge is 2.20. The van der Waals surface area contributed by atoms with E-state index in [1.807, 2.05) is 0 Å². The molecule has 0 heterocycles. The first-order chi connectivity index (χ1) is 7.11. The first-order valence-corrected chi connectivity index (χ1v) is 6.14. The number of nitrogens with zero attached hydrogens (tertiary/aromatic N) is 1. The van der Waals surface area contributed by atoms with Crippen molar-refractivity contribution >= 4 is 0 Å². The fraction of sp³-hybridized carbons (Fsp3) is 0.846. The Balaban J connectivity index is 2.20. The topological polar surface area (TPSA) is 29.3 Å².